The number of rotatable bonds is 6. The fraction of sp³-hybridized carbons (Fsp3) is 0.400. The third kappa shape index (κ3) is 4.73. The number of nitrogens with zero attached hydrogens (tertiary/aromatic N) is 1. The lowest BCUT2D eigenvalue weighted by Crippen LogP contribution is -2.33. The number of amides is 1. The van der Waals surface area contributed by atoms with Crippen molar-refractivity contribution in [2.45, 2.75) is 32.2 Å². The summed E-state index contributed by atoms with van der Waals surface area (Å²) in [6.07, 6.45) is 1.47. The number of carbonyl (C=O) groups is 2. The molecule has 1 N–H and O–H groups in total. The van der Waals surface area contributed by atoms with Gasteiger partial charge in [0, 0.05) is 6.42 Å². The van der Waals surface area contributed by atoms with E-state index in [1.807, 2.05) is 13.0 Å². The SMILES string of the molecule is CC[C@@H](C#N)NC(=O)CCc1ccc(C(=O)OC)cc1. The third-order valence-corrected chi connectivity index (χ3v) is 2.92. The van der Waals surface area contributed by atoms with E-state index >= 15 is 0 Å². The number of methoxy groups -OCH3 is 1. The van der Waals surface area contributed by atoms with Crippen LogP contribution in [0.15, 0.2) is 24.3 Å². The molecule has 0 fully saturated rings. The zero-order valence-electron chi connectivity index (χ0n) is 11.7. The average Bonchev–Trinajstić information content (AvgIpc) is 2.50. The van der Waals surface area contributed by atoms with Gasteiger partial charge in [-0.1, -0.05) is 19.1 Å². The molecule has 0 saturated carbocycles. The van der Waals surface area contributed by atoms with E-state index in [0.717, 1.165) is 5.56 Å². The second kappa shape index (κ2) is 7.95. The molecule has 1 aromatic carbocycles. The summed E-state index contributed by atoms with van der Waals surface area (Å²) in [5, 5.41) is 11.4. The number of esters is 1. The lowest BCUT2D eigenvalue weighted by atomic mass is 10.1. The van der Waals surface area contributed by atoms with Crippen molar-refractivity contribution in [1.82, 2.24) is 5.32 Å². The highest BCUT2D eigenvalue weighted by molar-refractivity contribution is 5.89. The van der Waals surface area contributed by atoms with Crippen LogP contribution in [0.4, 0.5) is 0 Å². The van der Waals surface area contributed by atoms with E-state index in [1.165, 1.54) is 7.11 Å². The van der Waals surface area contributed by atoms with E-state index in [9.17, 15) is 9.59 Å². The summed E-state index contributed by atoms with van der Waals surface area (Å²) in [6, 6.07) is 8.52. The molecule has 0 saturated heterocycles. The molecular weight excluding hydrogens is 256 g/mol. The number of hydrogen-bond acceptors (Lipinski definition) is 4. The molecule has 20 heavy (non-hydrogen) atoms. The number of hydrogen-bond donors (Lipinski definition) is 1. The third-order valence-electron chi connectivity index (χ3n) is 2.92. The van der Waals surface area contributed by atoms with Gasteiger partial charge in [0.05, 0.1) is 18.7 Å². The van der Waals surface area contributed by atoms with Gasteiger partial charge in [0.25, 0.3) is 0 Å². The molecule has 1 atom stereocenters. The van der Waals surface area contributed by atoms with E-state index in [-0.39, 0.29) is 11.9 Å². The minimum atomic E-state index is -0.427. The number of carbonyl (C=O) groups excluding carboxylic acids is 2. The van der Waals surface area contributed by atoms with Crippen LogP contribution in [0.5, 0.6) is 0 Å². The average molecular weight is 274 g/mol. The van der Waals surface area contributed by atoms with Gasteiger partial charge in [-0.05, 0) is 30.5 Å². The van der Waals surface area contributed by atoms with Crippen LogP contribution in [0.1, 0.15) is 35.7 Å². The summed E-state index contributed by atoms with van der Waals surface area (Å²) in [4.78, 5) is 22.9. The number of benzene rings is 1. The molecule has 0 bridgehead atoms. The first kappa shape index (κ1) is 15.7. The maximum Gasteiger partial charge on any atom is 0.337 e. The first-order valence-corrected chi connectivity index (χ1v) is 6.47. The quantitative estimate of drug-likeness (QED) is 0.802. The van der Waals surface area contributed by atoms with Crippen LogP contribution in [0.25, 0.3) is 0 Å². The summed E-state index contributed by atoms with van der Waals surface area (Å²) in [6.45, 7) is 1.85. The Balaban J connectivity index is 2.48. The monoisotopic (exact) mass is 274 g/mol. The van der Waals surface area contributed by atoms with Crippen LogP contribution in [0, 0.1) is 11.3 Å². The number of nitriles is 1. The van der Waals surface area contributed by atoms with Crippen LogP contribution in [0.3, 0.4) is 0 Å². The minimum absolute atomic E-state index is 0.143. The standard InChI is InChI=1S/C15H18N2O3/c1-3-13(10-16)17-14(18)9-6-11-4-7-12(8-5-11)15(19)20-2/h4-5,7-8,13H,3,6,9H2,1-2H3,(H,17,18)/t13-/m0/s1. The van der Waals surface area contributed by atoms with Crippen molar-refractivity contribution in [1.29, 1.82) is 5.26 Å². The molecule has 5 nitrogen and oxygen atoms in total. The Morgan fingerprint density at radius 3 is 2.50 bits per heavy atom. The Hall–Kier alpha value is -2.35. The second-order valence-corrected chi connectivity index (χ2v) is 4.35. The summed E-state index contributed by atoms with van der Waals surface area (Å²) >= 11 is 0. The Morgan fingerprint density at radius 2 is 2.00 bits per heavy atom. The molecule has 0 heterocycles. The summed E-state index contributed by atoms with van der Waals surface area (Å²) < 4.78 is 4.61. The van der Waals surface area contributed by atoms with Crippen LogP contribution in [0.2, 0.25) is 0 Å². The van der Waals surface area contributed by atoms with E-state index < -0.39 is 6.04 Å². The Kier molecular flexibility index (Phi) is 6.24. The molecule has 5 heteroatoms. The van der Waals surface area contributed by atoms with Crippen molar-refractivity contribution in [3.8, 4) is 6.07 Å². The molecule has 0 aromatic heterocycles. The van der Waals surface area contributed by atoms with E-state index in [4.69, 9.17) is 5.26 Å². The highest BCUT2D eigenvalue weighted by atomic mass is 16.5. The molecule has 0 aliphatic rings. The fourth-order valence-corrected chi connectivity index (χ4v) is 1.68. The number of nitrogens with one attached hydrogen (secondary N) is 1. The maximum atomic E-state index is 11.6. The van der Waals surface area contributed by atoms with Gasteiger partial charge < -0.3 is 10.1 Å². The lowest BCUT2D eigenvalue weighted by molar-refractivity contribution is -0.121. The first-order chi connectivity index (χ1) is 9.60. The molecule has 106 valence electrons. The first-order valence-electron chi connectivity index (χ1n) is 6.47. The molecule has 0 radical (unpaired) electrons. The highest BCUT2D eigenvalue weighted by Crippen LogP contribution is 2.08. The van der Waals surface area contributed by atoms with Crippen molar-refractivity contribution >= 4 is 11.9 Å². The lowest BCUT2D eigenvalue weighted by Gasteiger charge is -2.09. The second-order valence-electron chi connectivity index (χ2n) is 4.35. The van der Waals surface area contributed by atoms with Gasteiger partial charge in [-0.3, -0.25) is 4.79 Å². The zero-order valence-corrected chi connectivity index (χ0v) is 11.7. The molecule has 0 aliphatic carbocycles. The summed E-state index contributed by atoms with van der Waals surface area (Å²) in [5.74, 6) is -0.524. The van der Waals surface area contributed by atoms with Gasteiger partial charge in [0.15, 0.2) is 0 Å². The Labute approximate surface area is 118 Å². The molecule has 0 aliphatic heterocycles. The van der Waals surface area contributed by atoms with Gasteiger partial charge in [0.2, 0.25) is 5.91 Å². The molecule has 1 aromatic rings. The van der Waals surface area contributed by atoms with Crippen LogP contribution in [-0.2, 0) is 16.0 Å². The van der Waals surface area contributed by atoms with E-state index in [2.05, 4.69) is 10.1 Å². The predicted octanol–water partition coefficient (Wildman–Crippen LogP) is 1.82. The maximum absolute atomic E-state index is 11.6. The van der Waals surface area contributed by atoms with Crippen LogP contribution < -0.4 is 5.32 Å². The van der Waals surface area contributed by atoms with E-state index in [1.54, 1.807) is 24.3 Å². The van der Waals surface area contributed by atoms with Crippen molar-refractivity contribution in [3.05, 3.63) is 35.4 Å². The van der Waals surface area contributed by atoms with Gasteiger partial charge in [0.1, 0.15) is 6.04 Å². The topological polar surface area (TPSA) is 79.2 Å². The van der Waals surface area contributed by atoms with Crippen molar-refractivity contribution in [2.75, 3.05) is 7.11 Å². The molecule has 0 spiro atoms. The largest absolute Gasteiger partial charge is 0.465 e. The van der Waals surface area contributed by atoms with Gasteiger partial charge in [-0.15, -0.1) is 0 Å². The number of ether oxygens (including phenoxy) is 1. The normalized spacial score (nSPS) is 11.2. The molecule has 0 unspecified atom stereocenters. The highest BCUT2D eigenvalue weighted by Gasteiger charge is 2.09. The summed E-state index contributed by atoms with van der Waals surface area (Å²) in [7, 11) is 1.33. The summed E-state index contributed by atoms with van der Waals surface area (Å²) in [5.41, 5.74) is 1.44. The van der Waals surface area contributed by atoms with Crippen LogP contribution >= 0.6 is 0 Å². The van der Waals surface area contributed by atoms with Gasteiger partial charge in [-0.2, -0.15) is 5.26 Å². The smallest absolute Gasteiger partial charge is 0.337 e. The van der Waals surface area contributed by atoms with Crippen LogP contribution in [-0.4, -0.2) is 25.0 Å². The minimum Gasteiger partial charge on any atom is -0.465 e. The fourth-order valence-electron chi connectivity index (χ4n) is 1.68. The van der Waals surface area contributed by atoms with Gasteiger partial charge >= 0.3 is 5.97 Å². The van der Waals surface area contributed by atoms with Crippen molar-refractivity contribution < 1.29 is 14.3 Å². The predicted molar refractivity (Wildman–Crippen MR) is 73.9 cm³/mol. The zero-order chi connectivity index (χ0) is 15.0. The van der Waals surface area contributed by atoms with Crippen molar-refractivity contribution in [2.24, 2.45) is 0 Å². The van der Waals surface area contributed by atoms with E-state index in [0.29, 0.717) is 24.8 Å². The Bertz CT molecular complexity index is 503. The number of aryl methyl sites for hydroxylation is 1. The van der Waals surface area contributed by atoms with Gasteiger partial charge in [-0.25, -0.2) is 4.79 Å². The molecule has 1 rings (SSSR count). The van der Waals surface area contributed by atoms with Crippen molar-refractivity contribution in [3.63, 3.8) is 0 Å². The Morgan fingerprint density at radius 1 is 1.35 bits per heavy atom. The molecular formula is C15H18N2O3. The molecule has 1 amide bonds.